The lowest BCUT2D eigenvalue weighted by Crippen LogP contribution is -2.51. The zero-order valence-corrected chi connectivity index (χ0v) is 16.0. The fourth-order valence-corrected chi connectivity index (χ4v) is 3.98. The Bertz CT molecular complexity index is 623. The number of rotatable bonds is 5. The first kappa shape index (κ1) is 19.2. The Labute approximate surface area is 160 Å². The van der Waals surface area contributed by atoms with E-state index in [1.54, 1.807) is 0 Å². The van der Waals surface area contributed by atoms with Crippen molar-refractivity contribution in [3.63, 3.8) is 0 Å². The first-order chi connectivity index (χ1) is 12.6. The van der Waals surface area contributed by atoms with E-state index in [2.05, 4.69) is 5.32 Å². The third kappa shape index (κ3) is 5.21. The van der Waals surface area contributed by atoms with Crippen LogP contribution in [-0.4, -0.2) is 60.9 Å². The van der Waals surface area contributed by atoms with Crippen LogP contribution in [0.2, 0.25) is 5.02 Å². The summed E-state index contributed by atoms with van der Waals surface area (Å²) in [6, 6.07) is 7.46. The SMILES string of the molecule is O=C(CCC1CCNCC1)N1CCN(C(=O)Cc2ccccc2Cl)CC1. The van der Waals surface area contributed by atoms with Gasteiger partial charge in [0.05, 0.1) is 6.42 Å². The van der Waals surface area contributed by atoms with Crippen molar-refractivity contribution in [2.75, 3.05) is 39.3 Å². The monoisotopic (exact) mass is 377 g/mol. The number of amides is 2. The van der Waals surface area contributed by atoms with Gasteiger partial charge in [0.15, 0.2) is 0 Å². The molecule has 142 valence electrons. The first-order valence-electron chi connectivity index (χ1n) is 9.63. The van der Waals surface area contributed by atoms with Crippen LogP contribution < -0.4 is 5.32 Å². The van der Waals surface area contributed by atoms with Crippen molar-refractivity contribution in [1.29, 1.82) is 0 Å². The summed E-state index contributed by atoms with van der Waals surface area (Å²) in [5.41, 5.74) is 0.861. The van der Waals surface area contributed by atoms with E-state index in [-0.39, 0.29) is 11.8 Å². The molecule has 6 heteroatoms. The highest BCUT2D eigenvalue weighted by Gasteiger charge is 2.25. The molecule has 2 fully saturated rings. The van der Waals surface area contributed by atoms with Crippen LogP contribution in [0, 0.1) is 5.92 Å². The second kappa shape index (κ2) is 9.38. The summed E-state index contributed by atoms with van der Waals surface area (Å²) in [6.07, 6.45) is 4.31. The Morgan fingerprint density at radius 3 is 2.27 bits per heavy atom. The molecule has 0 unspecified atom stereocenters. The van der Waals surface area contributed by atoms with Crippen molar-refractivity contribution in [1.82, 2.24) is 15.1 Å². The fraction of sp³-hybridized carbons (Fsp3) is 0.600. The topological polar surface area (TPSA) is 52.7 Å². The molecule has 5 nitrogen and oxygen atoms in total. The molecule has 0 saturated carbocycles. The van der Waals surface area contributed by atoms with Gasteiger partial charge in [-0.1, -0.05) is 29.8 Å². The number of carbonyl (C=O) groups is 2. The molecule has 2 saturated heterocycles. The minimum absolute atomic E-state index is 0.0832. The smallest absolute Gasteiger partial charge is 0.227 e. The van der Waals surface area contributed by atoms with Gasteiger partial charge < -0.3 is 15.1 Å². The molecule has 0 spiro atoms. The Balaban J connectivity index is 1.41. The van der Waals surface area contributed by atoms with Crippen LogP contribution in [0.5, 0.6) is 0 Å². The van der Waals surface area contributed by atoms with Gasteiger partial charge in [-0.2, -0.15) is 0 Å². The lowest BCUT2D eigenvalue weighted by molar-refractivity contribution is -0.139. The van der Waals surface area contributed by atoms with Crippen molar-refractivity contribution in [2.24, 2.45) is 5.92 Å². The van der Waals surface area contributed by atoms with E-state index in [1.807, 2.05) is 34.1 Å². The molecular formula is C20H28ClN3O2. The molecule has 3 rings (SSSR count). The summed E-state index contributed by atoms with van der Waals surface area (Å²) < 4.78 is 0. The Morgan fingerprint density at radius 2 is 1.62 bits per heavy atom. The molecule has 2 amide bonds. The zero-order chi connectivity index (χ0) is 18.4. The Kier molecular flexibility index (Phi) is 6.92. The highest BCUT2D eigenvalue weighted by Crippen LogP contribution is 2.19. The quantitative estimate of drug-likeness (QED) is 0.856. The number of piperazine rings is 1. The van der Waals surface area contributed by atoms with Crippen molar-refractivity contribution in [2.45, 2.75) is 32.1 Å². The molecule has 2 heterocycles. The van der Waals surface area contributed by atoms with Crippen LogP contribution in [0.3, 0.4) is 0 Å². The van der Waals surface area contributed by atoms with Crippen LogP contribution in [0.4, 0.5) is 0 Å². The molecule has 0 radical (unpaired) electrons. The predicted octanol–water partition coefficient (Wildman–Crippen LogP) is 2.33. The van der Waals surface area contributed by atoms with E-state index in [0.717, 1.165) is 25.1 Å². The van der Waals surface area contributed by atoms with Crippen molar-refractivity contribution < 1.29 is 9.59 Å². The predicted molar refractivity (Wildman–Crippen MR) is 103 cm³/mol. The average Bonchev–Trinajstić information content (AvgIpc) is 2.69. The van der Waals surface area contributed by atoms with Gasteiger partial charge in [0.25, 0.3) is 0 Å². The molecule has 1 N–H and O–H groups in total. The standard InChI is InChI=1S/C20H28ClN3O2/c21-18-4-2-1-3-17(18)15-20(26)24-13-11-23(12-14-24)19(25)6-5-16-7-9-22-10-8-16/h1-4,16,22H,5-15H2. The number of hydrogen-bond donors (Lipinski definition) is 1. The number of nitrogens with zero attached hydrogens (tertiary/aromatic N) is 2. The van der Waals surface area contributed by atoms with Gasteiger partial charge >= 0.3 is 0 Å². The second-order valence-corrected chi connectivity index (χ2v) is 7.67. The van der Waals surface area contributed by atoms with E-state index < -0.39 is 0 Å². The lowest BCUT2D eigenvalue weighted by atomic mass is 9.93. The van der Waals surface area contributed by atoms with Crippen molar-refractivity contribution in [3.8, 4) is 0 Å². The minimum Gasteiger partial charge on any atom is -0.339 e. The molecule has 0 bridgehead atoms. The molecule has 0 atom stereocenters. The summed E-state index contributed by atoms with van der Waals surface area (Å²) in [7, 11) is 0. The molecule has 0 aliphatic carbocycles. The van der Waals surface area contributed by atoms with Crippen LogP contribution in [0.1, 0.15) is 31.2 Å². The maximum atomic E-state index is 12.5. The third-order valence-corrected chi connectivity index (χ3v) is 5.88. The van der Waals surface area contributed by atoms with Gasteiger partial charge in [0.2, 0.25) is 11.8 Å². The number of nitrogens with one attached hydrogen (secondary N) is 1. The van der Waals surface area contributed by atoms with Crippen LogP contribution in [-0.2, 0) is 16.0 Å². The molecule has 1 aromatic carbocycles. The average molecular weight is 378 g/mol. The van der Waals surface area contributed by atoms with E-state index in [0.29, 0.717) is 50.0 Å². The molecule has 2 aliphatic rings. The summed E-state index contributed by atoms with van der Waals surface area (Å²) >= 11 is 6.14. The minimum atomic E-state index is 0.0832. The number of benzene rings is 1. The van der Waals surface area contributed by atoms with Gasteiger partial charge in [-0.3, -0.25) is 9.59 Å². The van der Waals surface area contributed by atoms with Gasteiger partial charge in [-0.15, -0.1) is 0 Å². The van der Waals surface area contributed by atoms with Gasteiger partial charge in [0, 0.05) is 37.6 Å². The molecular weight excluding hydrogens is 350 g/mol. The van der Waals surface area contributed by atoms with E-state index in [1.165, 1.54) is 12.8 Å². The van der Waals surface area contributed by atoms with Crippen LogP contribution in [0.15, 0.2) is 24.3 Å². The summed E-state index contributed by atoms with van der Waals surface area (Å²) in [6.45, 7) is 4.65. The maximum absolute atomic E-state index is 12.5. The van der Waals surface area contributed by atoms with E-state index in [9.17, 15) is 9.59 Å². The lowest BCUT2D eigenvalue weighted by Gasteiger charge is -2.35. The number of carbonyl (C=O) groups excluding carboxylic acids is 2. The Morgan fingerprint density at radius 1 is 1.00 bits per heavy atom. The molecule has 1 aromatic rings. The highest BCUT2D eigenvalue weighted by molar-refractivity contribution is 6.31. The summed E-state index contributed by atoms with van der Waals surface area (Å²) in [5.74, 6) is 1.00. The van der Waals surface area contributed by atoms with E-state index >= 15 is 0 Å². The Hall–Kier alpha value is -1.59. The van der Waals surface area contributed by atoms with Crippen molar-refractivity contribution in [3.05, 3.63) is 34.9 Å². The summed E-state index contributed by atoms with van der Waals surface area (Å²) in [5, 5.41) is 3.99. The van der Waals surface area contributed by atoms with E-state index in [4.69, 9.17) is 11.6 Å². The largest absolute Gasteiger partial charge is 0.339 e. The zero-order valence-electron chi connectivity index (χ0n) is 15.3. The molecule has 2 aliphatic heterocycles. The van der Waals surface area contributed by atoms with Gasteiger partial charge in [-0.25, -0.2) is 0 Å². The van der Waals surface area contributed by atoms with Gasteiger partial charge in [0.1, 0.15) is 0 Å². The second-order valence-electron chi connectivity index (χ2n) is 7.26. The van der Waals surface area contributed by atoms with Crippen LogP contribution in [0.25, 0.3) is 0 Å². The molecule has 26 heavy (non-hydrogen) atoms. The highest BCUT2D eigenvalue weighted by atomic mass is 35.5. The van der Waals surface area contributed by atoms with Crippen molar-refractivity contribution >= 4 is 23.4 Å². The first-order valence-corrected chi connectivity index (χ1v) is 10.0. The van der Waals surface area contributed by atoms with Crippen LogP contribution >= 0.6 is 11.6 Å². The normalized spacial score (nSPS) is 18.8. The number of halogens is 1. The maximum Gasteiger partial charge on any atom is 0.227 e. The number of hydrogen-bond acceptors (Lipinski definition) is 3. The molecule has 0 aromatic heterocycles. The summed E-state index contributed by atoms with van der Waals surface area (Å²) in [4.78, 5) is 28.7. The number of piperidine rings is 1. The third-order valence-electron chi connectivity index (χ3n) is 5.51. The fourth-order valence-electron chi connectivity index (χ4n) is 3.78. The van der Waals surface area contributed by atoms with Gasteiger partial charge in [-0.05, 0) is 49.9 Å².